The van der Waals surface area contributed by atoms with E-state index in [0.29, 0.717) is 0 Å². The van der Waals surface area contributed by atoms with Crippen LogP contribution in [0.15, 0.2) is 24.3 Å². The van der Waals surface area contributed by atoms with Gasteiger partial charge in [0.05, 0.1) is 15.9 Å². The predicted octanol–water partition coefficient (Wildman–Crippen LogP) is 3.27. The van der Waals surface area contributed by atoms with E-state index in [0.717, 1.165) is 5.75 Å². The molecule has 0 aliphatic rings. The number of methoxy groups -OCH3 is 1. The lowest BCUT2D eigenvalue weighted by Gasteiger charge is -2.12. The van der Waals surface area contributed by atoms with Gasteiger partial charge in [0, 0.05) is 5.00 Å². The van der Waals surface area contributed by atoms with Crippen molar-refractivity contribution in [2.24, 2.45) is 0 Å². The van der Waals surface area contributed by atoms with Crippen LogP contribution in [0.3, 0.4) is 0 Å². The van der Waals surface area contributed by atoms with Gasteiger partial charge in [-0.25, -0.2) is 0 Å². The summed E-state index contributed by atoms with van der Waals surface area (Å²) in [5.74, 6) is 0.883. The summed E-state index contributed by atoms with van der Waals surface area (Å²) >= 11 is 6.24. The number of hydrogen-bond donors (Lipinski definition) is 0. The Balaban J connectivity index is 2.79. The van der Waals surface area contributed by atoms with Gasteiger partial charge in [-0.1, -0.05) is 25.2 Å². The molecule has 0 spiro atoms. The van der Waals surface area contributed by atoms with Gasteiger partial charge in [0.15, 0.2) is 0 Å². The van der Waals surface area contributed by atoms with Crippen LogP contribution in [0.2, 0.25) is 13.1 Å². The SMILES string of the molecule is COc1ccc(C(Cl)[Si](C)C)cc1. The van der Waals surface area contributed by atoms with Gasteiger partial charge >= 0.3 is 0 Å². The Morgan fingerprint density at radius 2 is 1.77 bits per heavy atom. The summed E-state index contributed by atoms with van der Waals surface area (Å²) in [5, 5.41) is 0.191. The summed E-state index contributed by atoms with van der Waals surface area (Å²) < 4.78 is 5.07. The van der Waals surface area contributed by atoms with Gasteiger partial charge in [0.25, 0.3) is 0 Å². The number of alkyl halides is 1. The van der Waals surface area contributed by atoms with Gasteiger partial charge in [-0.15, -0.1) is 11.6 Å². The summed E-state index contributed by atoms with van der Waals surface area (Å²) in [6.07, 6.45) is 0. The first-order chi connectivity index (χ1) is 6.15. The van der Waals surface area contributed by atoms with E-state index in [2.05, 4.69) is 13.1 Å². The Bertz CT molecular complexity index is 258. The third kappa shape index (κ3) is 2.74. The maximum atomic E-state index is 6.24. The molecular weight excluding hydrogens is 200 g/mol. The minimum absolute atomic E-state index is 0.191. The van der Waals surface area contributed by atoms with Crippen molar-refractivity contribution in [2.45, 2.75) is 18.1 Å². The van der Waals surface area contributed by atoms with Crippen LogP contribution in [-0.4, -0.2) is 15.9 Å². The topological polar surface area (TPSA) is 9.23 Å². The van der Waals surface area contributed by atoms with Crippen LogP contribution in [0.5, 0.6) is 5.75 Å². The van der Waals surface area contributed by atoms with Gasteiger partial charge in [-0.05, 0) is 17.7 Å². The van der Waals surface area contributed by atoms with E-state index in [1.165, 1.54) is 5.56 Å². The normalized spacial score (nSPS) is 13.0. The molecule has 0 saturated carbocycles. The summed E-state index contributed by atoms with van der Waals surface area (Å²) in [7, 11) is 1.21. The summed E-state index contributed by atoms with van der Waals surface area (Å²) in [4.78, 5) is 0. The highest BCUT2D eigenvalue weighted by molar-refractivity contribution is 6.66. The zero-order valence-corrected chi connectivity index (χ0v) is 9.93. The van der Waals surface area contributed by atoms with Gasteiger partial charge in [0.1, 0.15) is 5.75 Å². The molecule has 1 atom stereocenters. The second kappa shape index (κ2) is 4.68. The molecule has 0 aromatic heterocycles. The Hall–Kier alpha value is -0.473. The fraction of sp³-hybridized carbons (Fsp3) is 0.400. The fourth-order valence-corrected chi connectivity index (χ4v) is 2.11. The molecule has 3 heteroatoms. The lowest BCUT2D eigenvalue weighted by Crippen LogP contribution is -2.09. The van der Waals surface area contributed by atoms with Crippen LogP contribution < -0.4 is 4.74 Å². The van der Waals surface area contributed by atoms with Crippen LogP contribution in [0, 0.1) is 0 Å². The zero-order valence-electron chi connectivity index (χ0n) is 8.17. The van der Waals surface area contributed by atoms with E-state index < -0.39 is 8.80 Å². The zero-order chi connectivity index (χ0) is 9.84. The fourth-order valence-electron chi connectivity index (χ4n) is 1.11. The molecule has 0 amide bonds. The van der Waals surface area contributed by atoms with Crippen LogP contribution >= 0.6 is 11.6 Å². The first kappa shape index (κ1) is 10.6. The minimum Gasteiger partial charge on any atom is -0.497 e. The molecule has 0 N–H and O–H groups in total. The Morgan fingerprint density at radius 3 is 2.15 bits per heavy atom. The standard InChI is InChI=1S/C10H14ClOSi/c1-12-9-6-4-8(5-7-9)10(11)13(2)3/h4-7,10H,1-3H3. The second-order valence-electron chi connectivity index (χ2n) is 3.21. The van der Waals surface area contributed by atoms with Crippen molar-refractivity contribution in [1.29, 1.82) is 0 Å². The second-order valence-corrected chi connectivity index (χ2v) is 6.75. The van der Waals surface area contributed by atoms with Crippen LogP contribution in [0.4, 0.5) is 0 Å². The quantitative estimate of drug-likeness (QED) is 0.553. The highest BCUT2D eigenvalue weighted by Gasteiger charge is 2.13. The van der Waals surface area contributed by atoms with Gasteiger partial charge in [-0.2, -0.15) is 0 Å². The summed E-state index contributed by atoms with van der Waals surface area (Å²) in [6.45, 7) is 4.43. The molecule has 0 fully saturated rings. The lowest BCUT2D eigenvalue weighted by molar-refractivity contribution is 0.414. The van der Waals surface area contributed by atoms with Crippen molar-refractivity contribution < 1.29 is 4.74 Å². The van der Waals surface area contributed by atoms with Crippen LogP contribution in [0.25, 0.3) is 0 Å². The molecule has 1 nitrogen and oxygen atoms in total. The molecule has 0 aliphatic heterocycles. The average Bonchev–Trinajstić information content (AvgIpc) is 2.17. The number of halogens is 1. The van der Waals surface area contributed by atoms with Crippen molar-refractivity contribution >= 4 is 20.4 Å². The number of hydrogen-bond acceptors (Lipinski definition) is 1. The first-order valence-electron chi connectivity index (χ1n) is 4.23. The summed E-state index contributed by atoms with van der Waals surface area (Å²) in [6, 6.07) is 7.98. The number of benzene rings is 1. The molecule has 1 unspecified atom stereocenters. The molecule has 0 saturated heterocycles. The molecular formula is C10H14ClOSi. The van der Waals surface area contributed by atoms with Crippen molar-refractivity contribution in [2.75, 3.05) is 7.11 Å². The molecule has 0 bridgehead atoms. The minimum atomic E-state index is -0.459. The maximum Gasteiger partial charge on any atom is 0.118 e. The van der Waals surface area contributed by atoms with Gasteiger partial charge < -0.3 is 4.74 Å². The Morgan fingerprint density at radius 1 is 1.23 bits per heavy atom. The Labute approximate surface area is 86.3 Å². The largest absolute Gasteiger partial charge is 0.497 e. The van der Waals surface area contributed by atoms with E-state index in [4.69, 9.17) is 16.3 Å². The predicted molar refractivity (Wildman–Crippen MR) is 59.1 cm³/mol. The van der Waals surface area contributed by atoms with Crippen molar-refractivity contribution in [3.63, 3.8) is 0 Å². The van der Waals surface area contributed by atoms with E-state index in [1.54, 1.807) is 7.11 Å². The molecule has 1 rings (SSSR count). The average molecular weight is 214 g/mol. The van der Waals surface area contributed by atoms with E-state index in [1.807, 2.05) is 24.3 Å². The first-order valence-corrected chi connectivity index (χ1v) is 7.24. The van der Waals surface area contributed by atoms with E-state index in [-0.39, 0.29) is 5.00 Å². The maximum absolute atomic E-state index is 6.24. The molecule has 13 heavy (non-hydrogen) atoms. The molecule has 0 heterocycles. The monoisotopic (exact) mass is 213 g/mol. The highest BCUT2D eigenvalue weighted by atomic mass is 35.5. The van der Waals surface area contributed by atoms with Gasteiger partial charge in [0.2, 0.25) is 0 Å². The van der Waals surface area contributed by atoms with Crippen molar-refractivity contribution in [3.8, 4) is 5.75 Å². The van der Waals surface area contributed by atoms with Crippen molar-refractivity contribution in [3.05, 3.63) is 29.8 Å². The lowest BCUT2D eigenvalue weighted by atomic mass is 10.2. The van der Waals surface area contributed by atoms with Gasteiger partial charge in [-0.3, -0.25) is 0 Å². The smallest absolute Gasteiger partial charge is 0.118 e. The van der Waals surface area contributed by atoms with Crippen molar-refractivity contribution in [1.82, 2.24) is 0 Å². The molecule has 1 radical (unpaired) electrons. The Kier molecular flexibility index (Phi) is 3.82. The van der Waals surface area contributed by atoms with Crippen LogP contribution in [-0.2, 0) is 0 Å². The highest BCUT2D eigenvalue weighted by Crippen LogP contribution is 2.25. The molecule has 71 valence electrons. The number of rotatable bonds is 3. The molecule has 1 aromatic carbocycles. The van der Waals surface area contributed by atoms with E-state index in [9.17, 15) is 0 Å². The molecule has 0 aliphatic carbocycles. The third-order valence-corrected chi connectivity index (χ3v) is 4.82. The van der Waals surface area contributed by atoms with E-state index >= 15 is 0 Å². The summed E-state index contributed by atoms with van der Waals surface area (Å²) in [5.41, 5.74) is 1.20. The third-order valence-electron chi connectivity index (χ3n) is 1.92. The molecule has 1 aromatic rings. The van der Waals surface area contributed by atoms with Crippen LogP contribution in [0.1, 0.15) is 10.6 Å². The number of ether oxygens (including phenoxy) is 1.